The van der Waals surface area contributed by atoms with Gasteiger partial charge in [-0.15, -0.1) is 0 Å². The highest BCUT2D eigenvalue weighted by atomic mass is 19.3. The van der Waals surface area contributed by atoms with Crippen molar-refractivity contribution in [3.63, 3.8) is 0 Å². The van der Waals surface area contributed by atoms with Crippen LogP contribution in [-0.2, 0) is 0 Å². The zero-order valence-electron chi connectivity index (χ0n) is 5.02. The summed E-state index contributed by atoms with van der Waals surface area (Å²) in [4.78, 5) is 0. The predicted molar refractivity (Wildman–Crippen MR) is 24.1 cm³/mol. The van der Waals surface area contributed by atoms with Gasteiger partial charge in [0.25, 0.3) is 6.43 Å². The molecular weight excluding hydrogens is 175 g/mol. The van der Waals surface area contributed by atoms with Gasteiger partial charge in [-0.25, -0.2) is 13.2 Å². The lowest BCUT2D eigenvalue weighted by atomic mass is 10.2. The molecule has 2 nitrogen and oxygen atoms in total. The van der Waals surface area contributed by atoms with Gasteiger partial charge in [-0.2, -0.15) is 8.78 Å². The van der Waals surface area contributed by atoms with E-state index >= 15 is 0 Å². The first kappa shape index (κ1) is 10.6. The molecule has 0 aromatic rings. The number of aliphatic hydroxyl groups is 2. The molecule has 0 saturated carbocycles. The van der Waals surface area contributed by atoms with Crippen LogP contribution in [0.15, 0.2) is 0 Å². The van der Waals surface area contributed by atoms with Gasteiger partial charge in [-0.1, -0.05) is 0 Å². The minimum atomic E-state index is -4.93. The van der Waals surface area contributed by atoms with Crippen LogP contribution in [-0.4, -0.2) is 35.0 Å². The molecule has 0 heterocycles. The van der Waals surface area contributed by atoms with Crippen molar-refractivity contribution in [2.75, 3.05) is 0 Å². The van der Waals surface area contributed by atoms with Crippen LogP contribution in [0.2, 0.25) is 0 Å². The molecule has 2 unspecified atom stereocenters. The summed E-state index contributed by atoms with van der Waals surface area (Å²) in [7, 11) is 0. The molecule has 0 rings (SSSR count). The fourth-order valence-corrected chi connectivity index (χ4v) is 0.333. The molecule has 0 amide bonds. The van der Waals surface area contributed by atoms with Crippen LogP contribution in [0, 0.1) is 0 Å². The van der Waals surface area contributed by atoms with Crippen LogP contribution >= 0.6 is 0 Å². The van der Waals surface area contributed by atoms with Crippen molar-refractivity contribution in [2.45, 2.75) is 24.8 Å². The van der Waals surface area contributed by atoms with E-state index in [-0.39, 0.29) is 0 Å². The molecular formula is C4H5F5O2. The molecule has 0 aromatic heterocycles. The van der Waals surface area contributed by atoms with E-state index in [4.69, 9.17) is 10.2 Å². The molecule has 7 heteroatoms. The molecule has 0 radical (unpaired) electrons. The second-order valence-corrected chi connectivity index (χ2v) is 1.81. The maximum absolute atomic E-state index is 11.8. The molecule has 11 heavy (non-hydrogen) atoms. The zero-order valence-corrected chi connectivity index (χ0v) is 5.02. The minimum absolute atomic E-state index is 3.17. The minimum Gasteiger partial charge on any atom is -0.384 e. The lowest BCUT2D eigenvalue weighted by molar-refractivity contribution is -0.268. The highest BCUT2D eigenvalue weighted by Crippen LogP contribution is 2.23. The highest BCUT2D eigenvalue weighted by Gasteiger charge is 2.46. The third-order valence-corrected chi connectivity index (χ3v) is 0.890. The standard InChI is InChI=1S/C4H5F5O2/c5-2(4(8,9)11)1(10)3(6)7/h1-3,10-11H. The van der Waals surface area contributed by atoms with E-state index in [1.165, 1.54) is 0 Å². The van der Waals surface area contributed by atoms with E-state index in [0.29, 0.717) is 0 Å². The Hall–Kier alpha value is -0.430. The second kappa shape index (κ2) is 3.31. The normalized spacial score (nSPS) is 18.5. The van der Waals surface area contributed by atoms with Gasteiger partial charge in [0, 0.05) is 0 Å². The molecule has 0 aliphatic carbocycles. The smallest absolute Gasteiger partial charge is 0.384 e. The Bertz CT molecular complexity index is 122. The Morgan fingerprint density at radius 1 is 1.09 bits per heavy atom. The SMILES string of the molecule is OC(C(F)F)C(F)C(O)(F)F. The number of rotatable bonds is 3. The predicted octanol–water partition coefficient (Wildman–Crippen LogP) is 0.536. The van der Waals surface area contributed by atoms with Crippen LogP contribution in [0.4, 0.5) is 22.0 Å². The zero-order chi connectivity index (χ0) is 9.23. The third-order valence-electron chi connectivity index (χ3n) is 0.890. The van der Waals surface area contributed by atoms with E-state index in [1.54, 1.807) is 0 Å². The summed E-state index contributed by atoms with van der Waals surface area (Å²) in [5.74, 6) is 0. The van der Waals surface area contributed by atoms with Crippen molar-refractivity contribution in [1.29, 1.82) is 0 Å². The third kappa shape index (κ3) is 2.98. The fraction of sp³-hybridized carbons (Fsp3) is 1.00. The molecule has 0 bridgehead atoms. The molecule has 0 saturated heterocycles. The molecule has 2 N–H and O–H groups in total. The van der Waals surface area contributed by atoms with Gasteiger partial charge in [0.15, 0.2) is 6.10 Å². The van der Waals surface area contributed by atoms with Crippen molar-refractivity contribution in [3.05, 3.63) is 0 Å². The molecule has 0 fully saturated rings. The van der Waals surface area contributed by atoms with Crippen molar-refractivity contribution < 1.29 is 32.2 Å². The van der Waals surface area contributed by atoms with Gasteiger partial charge < -0.3 is 10.2 Å². The fourth-order valence-electron chi connectivity index (χ4n) is 0.333. The molecule has 0 aliphatic heterocycles. The van der Waals surface area contributed by atoms with Crippen molar-refractivity contribution in [1.82, 2.24) is 0 Å². The maximum Gasteiger partial charge on any atom is 0.387 e. The average Bonchev–Trinajstić information content (AvgIpc) is 1.82. The first-order valence-electron chi connectivity index (χ1n) is 2.47. The van der Waals surface area contributed by atoms with Crippen molar-refractivity contribution in [3.8, 4) is 0 Å². The summed E-state index contributed by atoms with van der Waals surface area (Å²) in [6.07, 6.45) is -15.4. The van der Waals surface area contributed by atoms with Gasteiger partial charge in [0.05, 0.1) is 0 Å². The summed E-state index contributed by atoms with van der Waals surface area (Å²) >= 11 is 0. The first-order chi connectivity index (χ1) is 4.76. The monoisotopic (exact) mass is 180 g/mol. The van der Waals surface area contributed by atoms with Crippen LogP contribution in [0.25, 0.3) is 0 Å². The van der Waals surface area contributed by atoms with Crippen LogP contribution in [0.5, 0.6) is 0 Å². The van der Waals surface area contributed by atoms with Crippen LogP contribution < -0.4 is 0 Å². The summed E-state index contributed by atoms with van der Waals surface area (Å²) in [6, 6.07) is 0. The van der Waals surface area contributed by atoms with E-state index < -0.39 is 24.8 Å². The molecule has 0 aliphatic rings. The van der Waals surface area contributed by atoms with Gasteiger partial charge >= 0.3 is 6.11 Å². The molecule has 0 spiro atoms. The number of hydrogen-bond acceptors (Lipinski definition) is 2. The van der Waals surface area contributed by atoms with Crippen LogP contribution in [0.3, 0.4) is 0 Å². The van der Waals surface area contributed by atoms with Gasteiger partial charge in [0.1, 0.15) is 0 Å². The summed E-state index contributed by atoms with van der Waals surface area (Å²) in [5, 5.41) is 15.5. The van der Waals surface area contributed by atoms with Crippen molar-refractivity contribution >= 4 is 0 Å². The largest absolute Gasteiger partial charge is 0.387 e. The number of hydrogen-bond donors (Lipinski definition) is 2. The molecule has 0 aromatic carbocycles. The first-order valence-corrected chi connectivity index (χ1v) is 2.47. The van der Waals surface area contributed by atoms with E-state index in [2.05, 4.69) is 0 Å². The number of alkyl halides is 5. The summed E-state index contributed by atoms with van der Waals surface area (Å²) in [5.41, 5.74) is 0. The van der Waals surface area contributed by atoms with E-state index in [0.717, 1.165) is 0 Å². The van der Waals surface area contributed by atoms with Crippen LogP contribution in [0.1, 0.15) is 0 Å². The Morgan fingerprint density at radius 3 is 1.55 bits per heavy atom. The van der Waals surface area contributed by atoms with Gasteiger partial charge in [-0.3, -0.25) is 0 Å². The quantitative estimate of drug-likeness (QED) is 0.622. The highest BCUT2D eigenvalue weighted by molar-refractivity contribution is 4.75. The van der Waals surface area contributed by atoms with Crippen molar-refractivity contribution in [2.24, 2.45) is 0 Å². The Kier molecular flexibility index (Phi) is 3.18. The van der Waals surface area contributed by atoms with E-state index in [9.17, 15) is 22.0 Å². The molecule has 68 valence electrons. The Morgan fingerprint density at radius 2 is 1.45 bits per heavy atom. The van der Waals surface area contributed by atoms with Gasteiger partial charge in [-0.05, 0) is 0 Å². The topological polar surface area (TPSA) is 40.5 Å². The summed E-state index contributed by atoms with van der Waals surface area (Å²) in [6.45, 7) is 0. The maximum atomic E-state index is 11.8. The Balaban J connectivity index is 4.13. The summed E-state index contributed by atoms with van der Waals surface area (Å²) < 4.78 is 57.2. The Labute approximate surface area is 58.3 Å². The number of aliphatic hydroxyl groups excluding tert-OH is 1. The number of halogens is 5. The lowest BCUT2D eigenvalue weighted by Crippen LogP contribution is -2.42. The molecule has 2 atom stereocenters. The average molecular weight is 180 g/mol. The second-order valence-electron chi connectivity index (χ2n) is 1.81. The lowest BCUT2D eigenvalue weighted by Gasteiger charge is -2.18. The van der Waals surface area contributed by atoms with Gasteiger partial charge in [0.2, 0.25) is 6.17 Å². The van der Waals surface area contributed by atoms with E-state index in [1.807, 2.05) is 0 Å².